The second-order valence-electron chi connectivity index (χ2n) is 11.8. The molecule has 4 aromatic carbocycles. The van der Waals surface area contributed by atoms with Crippen molar-refractivity contribution in [2.75, 3.05) is 13.6 Å². The van der Waals surface area contributed by atoms with Gasteiger partial charge in [0.25, 0.3) is 0 Å². The molecule has 2 amide bonds. The van der Waals surface area contributed by atoms with E-state index in [1.165, 1.54) is 7.05 Å². The van der Waals surface area contributed by atoms with Gasteiger partial charge in [-0.05, 0) is 53.8 Å². The highest BCUT2D eigenvalue weighted by atomic mass is 32.2. The van der Waals surface area contributed by atoms with Crippen molar-refractivity contribution in [3.63, 3.8) is 0 Å². The summed E-state index contributed by atoms with van der Waals surface area (Å²) in [5.74, 6) is -0.639. The Hall–Kier alpha value is -4.01. The van der Waals surface area contributed by atoms with Gasteiger partial charge in [0, 0.05) is 26.1 Å². The Labute approximate surface area is 260 Å². The fraction of sp³-hybridized carbons (Fsp3) is 0.333. The van der Waals surface area contributed by atoms with E-state index in [0.29, 0.717) is 6.42 Å². The molecule has 0 saturated heterocycles. The lowest BCUT2D eigenvalue weighted by Gasteiger charge is -2.34. The number of rotatable bonds is 11. The van der Waals surface area contributed by atoms with Crippen LogP contribution >= 0.6 is 0 Å². The number of hydrogen-bond donors (Lipinski definition) is 1. The predicted octanol–water partition coefficient (Wildman–Crippen LogP) is 5.86. The molecule has 0 bridgehead atoms. The van der Waals surface area contributed by atoms with Gasteiger partial charge in [-0.2, -0.15) is 4.31 Å². The molecular weight excluding hydrogens is 570 g/mol. The Morgan fingerprint density at radius 3 is 2.23 bits per heavy atom. The van der Waals surface area contributed by atoms with Gasteiger partial charge in [-0.25, -0.2) is 8.42 Å². The van der Waals surface area contributed by atoms with Crippen molar-refractivity contribution in [2.45, 2.75) is 69.0 Å². The van der Waals surface area contributed by atoms with Crippen LogP contribution in [0.3, 0.4) is 0 Å². The van der Waals surface area contributed by atoms with Gasteiger partial charge in [0.1, 0.15) is 6.04 Å². The summed E-state index contributed by atoms with van der Waals surface area (Å²) in [5, 5.41) is 4.97. The van der Waals surface area contributed by atoms with Crippen molar-refractivity contribution in [3.8, 4) is 0 Å². The summed E-state index contributed by atoms with van der Waals surface area (Å²) in [6, 6.07) is 29.3. The van der Waals surface area contributed by atoms with Gasteiger partial charge in [-0.15, -0.1) is 0 Å². The van der Waals surface area contributed by atoms with Gasteiger partial charge in [-0.3, -0.25) is 9.59 Å². The van der Waals surface area contributed by atoms with Crippen LogP contribution in [0.2, 0.25) is 0 Å². The number of likely N-dealkylation sites (N-methyl/N-ethyl adjacent to an activating group) is 1. The standard InChI is InChI=1S/C36H41N3O4S/c1-27-12-11-15-29(22-27)25-39(34(23-28-13-5-3-6-14-28)36(41)37-32-18-7-4-8-19-32)35(40)26-38(2)44(42,43)33-21-20-30-16-9-10-17-31(30)24-33/h3,5-6,9-17,20-22,24,32,34H,4,7-8,18-19,23,25-26H2,1-2H3,(H,37,41)/t34-/m1/s1. The van der Waals surface area contributed by atoms with Crippen molar-refractivity contribution in [3.05, 3.63) is 114 Å². The van der Waals surface area contributed by atoms with Crippen LogP contribution < -0.4 is 5.32 Å². The van der Waals surface area contributed by atoms with Crippen LogP contribution in [0.25, 0.3) is 10.8 Å². The Kier molecular flexibility index (Phi) is 10.1. The number of sulfonamides is 1. The molecule has 230 valence electrons. The van der Waals surface area contributed by atoms with Crippen LogP contribution in [0.5, 0.6) is 0 Å². The van der Waals surface area contributed by atoms with Crippen molar-refractivity contribution in [1.29, 1.82) is 0 Å². The molecule has 44 heavy (non-hydrogen) atoms. The van der Waals surface area contributed by atoms with Crippen molar-refractivity contribution in [1.82, 2.24) is 14.5 Å². The Morgan fingerprint density at radius 1 is 0.818 bits per heavy atom. The number of amides is 2. The zero-order valence-corrected chi connectivity index (χ0v) is 26.3. The molecule has 1 aliphatic carbocycles. The number of nitrogens with zero attached hydrogens (tertiary/aromatic N) is 2. The molecule has 4 aromatic rings. The minimum Gasteiger partial charge on any atom is -0.352 e. The molecule has 1 atom stereocenters. The summed E-state index contributed by atoms with van der Waals surface area (Å²) < 4.78 is 28.4. The highest BCUT2D eigenvalue weighted by Gasteiger charge is 2.34. The summed E-state index contributed by atoms with van der Waals surface area (Å²) in [6.07, 6.45) is 5.45. The zero-order valence-electron chi connectivity index (χ0n) is 25.5. The molecule has 8 heteroatoms. The third-order valence-corrected chi connectivity index (χ3v) is 10.2. The number of hydrogen-bond acceptors (Lipinski definition) is 4. The van der Waals surface area contributed by atoms with Crippen LogP contribution in [0, 0.1) is 6.92 Å². The molecule has 1 fully saturated rings. The highest BCUT2D eigenvalue weighted by molar-refractivity contribution is 7.89. The first kappa shape index (κ1) is 31.4. The molecule has 5 rings (SSSR count). The van der Waals surface area contributed by atoms with Crippen LogP contribution in [-0.4, -0.2) is 55.1 Å². The summed E-state index contributed by atoms with van der Waals surface area (Å²) in [6.45, 7) is 1.76. The first-order valence-electron chi connectivity index (χ1n) is 15.3. The molecule has 1 saturated carbocycles. The first-order chi connectivity index (χ1) is 21.2. The van der Waals surface area contributed by atoms with Gasteiger partial charge in [0.15, 0.2) is 0 Å². The average molecular weight is 612 g/mol. The van der Waals surface area contributed by atoms with E-state index in [4.69, 9.17) is 0 Å². The molecule has 1 N–H and O–H groups in total. The molecule has 0 aromatic heterocycles. The smallest absolute Gasteiger partial charge is 0.243 e. The van der Waals surface area contributed by atoms with E-state index in [1.54, 1.807) is 23.1 Å². The van der Waals surface area contributed by atoms with Gasteiger partial charge in [0.2, 0.25) is 21.8 Å². The van der Waals surface area contributed by atoms with Crippen LogP contribution in [0.4, 0.5) is 0 Å². The molecule has 0 unspecified atom stereocenters. The van der Waals surface area contributed by atoms with Crippen LogP contribution in [0.15, 0.2) is 102 Å². The third-order valence-electron chi connectivity index (χ3n) is 8.45. The maximum atomic E-state index is 14.2. The summed E-state index contributed by atoms with van der Waals surface area (Å²) in [7, 11) is -2.56. The molecule has 0 radical (unpaired) electrons. The second kappa shape index (κ2) is 14.2. The number of carbonyl (C=O) groups is 2. The van der Waals surface area contributed by atoms with E-state index in [0.717, 1.165) is 63.9 Å². The van der Waals surface area contributed by atoms with Gasteiger partial charge < -0.3 is 10.2 Å². The fourth-order valence-electron chi connectivity index (χ4n) is 5.98. The van der Waals surface area contributed by atoms with E-state index in [-0.39, 0.29) is 23.4 Å². The quantitative estimate of drug-likeness (QED) is 0.230. The number of benzene rings is 4. The summed E-state index contributed by atoms with van der Waals surface area (Å²) >= 11 is 0. The van der Waals surface area contributed by atoms with E-state index < -0.39 is 28.5 Å². The lowest BCUT2D eigenvalue weighted by Crippen LogP contribution is -2.54. The zero-order chi connectivity index (χ0) is 31.1. The van der Waals surface area contributed by atoms with E-state index in [9.17, 15) is 18.0 Å². The van der Waals surface area contributed by atoms with Crippen molar-refractivity contribution in [2.24, 2.45) is 0 Å². The second-order valence-corrected chi connectivity index (χ2v) is 13.9. The first-order valence-corrected chi connectivity index (χ1v) is 16.8. The van der Waals surface area contributed by atoms with Gasteiger partial charge in [-0.1, -0.05) is 110 Å². The van der Waals surface area contributed by atoms with Gasteiger partial charge >= 0.3 is 0 Å². The molecular formula is C36H41N3O4S. The normalized spacial score (nSPS) is 14.8. The lowest BCUT2D eigenvalue weighted by molar-refractivity contribution is -0.141. The molecule has 0 spiro atoms. The largest absolute Gasteiger partial charge is 0.352 e. The molecule has 0 aliphatic heterocycles. The topological polar surface area (TPSA) is 86.8 Å². The minimum absolute atomic E-state index is 0.0707. The maximum absolute atomic E-state index is 14.2. The Balaban J connectivity index is 1.45. The Bertz CT molecular complexity index is 1700. The lowest BCUT2D eigenvalue weighted by atomic mass is 9.94. The molecule has 1 aliphatic rings. The minimum atomic E-state index is -3.98. The highest BCUT2D eigenvalue weighted by Crippen LogP contribution is 2.23. The van der Waals surface area contributed by atoms with Crippen LogP contribution in [0.1, 0.15) is 48.8 Å². The maximum Gasteiger partial charge on any atom is 0.243 e. The molecule has 7 nitrogen and oxygen atoms in total. The third kappa shape index (κ3) is 7.73. The molecule has 0 heterocycles. The van der Waals surface area contributed by atoms with E-state index in [2.05, 4.69) is 5.32 Å². The van der Waals surface area contributed by atoms with Crippen molar-refractivity contribution < 1.29 is 18.0 Å². The van der Waals surface area contributed by atoms with Crippen molar-refractivity contribution >= 4 is 32.6 Å². The number of nitrogens with one attached hydrogen (secondary N) is 1. The summed E-state index contributed by atoms with van der Waals surface area (Å²) in [5.41, 5.74) is 2.84. The fourth-order valence-corrected chi connectivity index (χ4v) is 7.14. The predicted molar refractivity (Wildman–Crippen MR) is 174 cm³/mol. The average Bonchev–Trinajstić information content (AvgIpc) is 3.03. The monoisotopic (exact) mass is 611 g/mol. The Morgan fingerprint density at radius 2 is 1.50 bits per heavy atom. The van der Waals surface area contributed by atoms with Crippen LogP contribution in [-0.2, 0) is 32.6 Å². The SMILES string of the molecule is Cc1cccc(CN(C(=O)CN(C)S(=O)(=O)c2ccc3ccccc3c2)[C@H](Cc2ccccc2)C(=O)NC2CCCCC2)c1. The van der Waals surface area contributed by atoms with Gasteiger partial charge in [0.05, 0.1) is 11.4 Å². The number of fused-ring (bicyclic) bond motifs is 1. The summed E-state index contributed by atoms with van der Waals surface area (Å²) in [4.78, 5) is 29.9. The van der Waals surface area contributed by atoms with E-state index >= 15 is 0 Å². The van der Waals surface area contributed by atoms with E-state index in [1.807, 2.05) is 85.8 Å². The number of carbonyl (C=O) groups excluding carboxylic acids is 2. The number of aryl methyl sites for hydroxylation is 1.